The van der Waals surface area contributed by atoms with Gasteiger partial charge in [0.1, 0.15) is 0 Å². The Balaban J connectivity index is 2.56. The smallest absolute Gasteiger partial charge is 0.223 e. The van der Waals surface area contributed by atoms with Crippen LogP contribution in [0.2, 0.25) is 0 Å². The molecule has 2 atom stereocenters. The summed E-state index contributed by atoms with van der Waals surface area (Å²) >= 11 is 0. The van der Waals surface area contributed by atoms with E-state index in [9.17, 15) is 4.79 Å². The van der Waals surface area contributed by atoms with E-state index in [1.54, 1.807) is 7.11 Å². The Labute approximate surface area is 109 Å². The molecule has 0 aliphatic carbocycles. The second-order valence-corrected chi connectivity index (χ2v) is 4.24. The molecule has 4 heteroatoms. The lowest BCUT2D eigenvalue weighted by molar-refractivity contribution is -0.124. The van der Waals surface area contributed by atoms with Gasteiger partial charge >= 0.3 is 0 Å². The van der Waals surface area contributed by atoms with Crippen LogP contribution in [0.1, 0.15) is 31.4 Å². The Morgan fingerprint density at radius 1 is 1.39 bits per heavy atom. The molecule has 3 N–H and O–H groups in total. The number of nitrogens with one attached hydrogen (secondary N) is 1. The highest BCUT2D eigenvalue weighted by Gasteiger charge is 2.15. The van der Waals surface area contributed by atoms with Gasteiger partial charge in [-0.2, -0.15) is 0 Å². The average molecular weight is 250 g/mol. The van der Waals surface area contributed by atoms with Gasteiger partial charge in [0.2, 0.25) is 5.91 Å². The predicted octanol–water partition coefficient (Wildman–Crippen LogP) is 1.62. The zero-order valence-corrected chi connectivity index (χ0v) is 11.1. The van der Waals surface area contributed by atoms with Crippen molar-refractivity contribution in [3.8, 4) is 0 Å². The predicted molar refractivity (Wildman–Crippen MR) is 72.1 cm³/mol. The molecule has 0 saturated heterocycles. The summed E-state index contributed by atoms with van der Waals surface area (Å²) in [6.07, 6.45) is 0.949. The molecule has 4 nitrogen and oxygen atoms in total. The minimum atomic E-state index is -0.210. The number of rotatable bonds is 7. The van der Waals surface area contributed by atoms with Crippen LogP contribution in [0.25, 0.3) is 0 Å². The highest BCUT2D eigenvalue weighted by Crippen LogP contribution is 2.16. The molecule has 100 valence electrons. The standard InChI is InChI=1S/C14H22N2O2/c1-3-13(11-7-5-4-6-8-11)16-14(17)9-12(10-15)18-2/h4-8,12-13H,3,9-10,15H2,1-2H3,(H,16,17). The Hall–Kier alpha value is -1.39. The number of hydrogen-bond acceptors (Lipinski definition) is 3. The van der Waals surface area contributed by atoms with Gasteiger partial charge in [0.15, 0.2) is 0 Å². The number of nitrogens with two attached hydrogens (primary N) is 1. The summed E-state index contributed by atoms with van der Waals surface area (Å²) in [6, 6.07) is 10.0. The van der Waals surface area contributed by atoms with E-state index in [-0.39, 0.29) is 18.1 Å². The molecule has 1 amide bonds. The van der Waals surface area contributed by atoms with E-state index < -0.39 is 0 Å². The normalized spacial score (nSPS) is 13.9. The third-order valence-corrected chi connectivity index (χ3v) is 2.95. The minimum absolute atomic E-state index is 0.0250. The van der Waals surface area contributed by atoms with Crippen LogP contribution in [0.5, 0.6) is 0 Å². The van der Waals surface area contributed by atoms with Crippen molar-refractivity contribution in [3.63, 3.8) is 0 Å². The summed E-state index contributed by atoms with van der Waals surface area (Å²) in [4.78, 5) is 11.9. The van der Waals surface area contributed by atoms with Gasteiger partial charge in [0.05, 0.1) is 18.6 Å². The monoisotopic (exact) mass is 250 g/mol. The van der Waals surface area contributed by atoms with Crippen LogP contribution in [-0.4, -0.2) is 25.7 Å². The van der Waals surface area contributed by atoms with Gasteiger partial charge in [-0.1, -0.05) is 37.3 Å². The molecule has 0 fully saturated rings. The number of amides is 1. The molecule has 2 unspecified atom stereocenters. The molecule has 0 aromatic heterocycles. The molecule has 0 heterocycles. The first-order chi connectivity index (χ1) is 8.71. The zero-order chi connectivity index (χ0) is 13.4. The summed E-state index contributed by atoms with van der Waals surface area (Å²) in [7, 11) is 1.57. The van der Waals surface area contributed by atoms with E-state index in [1.807, 2.05) is 30.3 Å². The second kappa shape index (κ2) is 7.84. The Morgan fingerprint density at radius 2 is 2.06 bits per heavy atom. The van der Waals surface area contributed by atoms with Crippen LogP contribution < -0.4 is 11.1 Å². The van der Waals surface area contributed by atoms with Crippen LogP contribution in [0.4, 0.5) is 0 Å². The summed E-state index contributed by atoms with van der Waals surface area (Å²) in [5, 5.41) is 3.01. The molecule has 0 aliphatic rings. The van der Waals surface area contributed by atoms with E-state index in [0.29, 0.717) is 13.0 Å². The molecule has 1 aromatic rings. The molecule has 0 spiro atoms. The third kappa shape index (κ3) is 4.47. The van der Waals surface area contributed by atoms with Crippen molar-refractivity contribution in [1.29, 1.82) is 0 Å². The molecule has 0 bridgehead atoms. The van der Waals surface area contributed by atoms with Crippen molar-refractivity contribution in [2.24, 2.45) is 5.73 Å². The molecule has 0 radical (unpaired) electrons. The summed E-state index contributed by atoms with van der Waals surface area (Å²) in [6.45, 7) is 2.40. The summed E-state index contributed by atoms with van der Waals surface area (Å²) < 4.78 is 5.11. The quantitative estimate of drug-likeness (QED) is 0.773. The van der Waals surface area contributed by atoms with Gasteiger partial charge in [0.25, 0.3) is 0 Å². The van der Waals surface area contributed by atoms with Gasteiger partial charge in [-0.25, -0.2) is 0 Å². The van der Waals surface area contributed by atoms with E-state index in [0.717, 1.165) is 12.0 Å². The van der Waals surface area contributed by atoms with E-state index in [1.165, 1.54) is 0 Å². The first-order valence-electron chi connectivity index (χ1n) is 6.28. The second-order valence-electron chi connectivity index (χ2n) is 4.24. The number of methoxy groups -OCH3 is 1. The molecule has 1 aromatic carbocycles. The largest absolute Gasteiger partial charge is 0.380 e. The number of carbonyl (C=O) groups excluding carboxylic acids is 1. The highest BCUT2D eigenvalue weighted by atomic mass is 16.5. The fraction of sp³-hybridized carbons (Fsp3) is 0.500. The van der Waals surface area contributed by atoms with Crippen molar-refractivity contribution in [2.45, 2.75) is 31.9 Å². The Morgan fingerprint density at radius 3 is 2.56 bits per heavy atom. The molecule has 18 heavy (non-hydrogen) atoms. The third-order valence-electron chi connectivity index (χ3n) is 2.95. The van der Waals surface area contributed by atoms with Crippen molar-refractivity contribution in [1.82, 2.24) is 5.32 Å². The molecular formula is C14H22N2O2. The highest BCUT2D eigenvalue weighted by molar-refractivity contribution is 5.77. The Kier molecular flexibility index (Phi) is 6.39. The van der Waals surface area contributed by atoms with Gasteiger partial charge in [-0.05, 0) is 12.0 Å². The molecule has 1 rings (SSSR count). The van der Waals surface area contributed by atoms with Crippen molar-refractivity contribution in [3.05, 3.63) is 35.9 Å². The van der Waals surface area contributed by atoms with Crippen molar-refractivity contribution >= 4 is 5.91 Å². The van der Waals surface area contributed by atoms with Crippen molar-refractivity contribution in [2.75, 3.05) is 13.7 Å². The van der Waals surface area contributed by atoms with E-state index in [4.69, 9.17) is 10.5 Å². The number of ether oxygens (including phenoxy) is 1. The Bertz CT molecular complexity index is 350. The lowest BCUT2D eigenvalue weighted by Crippen LogP contribution is -2.34. The number of hydrogen-bond donors (Lipinski definition) is 2. The van der Waals surface area contributed by atoms with Gasteiger partial charge in [-0.15, -0.1) is 0 Å². The lowest BCUT2D eigenvalue weighted by Gasteiger charge is -2.19. The van der Waals surface area contributed by atoms with Crippen LogP contribution >= 0.6 is 0 Å². The molecular weight excluding hydrogens is 228 g/mol. The zero-order valence-electron chi connectivity index (χ0n) is 11.1. The minimum Gasteiger partial charge on any atom is -0.380 e. The number of carbonyl (C=O) groups is 1. The number of benzene rings is 1. The lowest BCUT2D eigenvalue weighted by atomic mass is 10.0. The first-order valence-corrected chi connectivity index (χ1v) is 6.28. The van der Waals surface area contributed by atoms with E-state index in [2.05, 4.69) is 12.2 Å². The van der Waals surface area contributed by atoms with Crippen molar-refractivity contribution < 1.29 is 9.53 Å². The van der Waals surface area contributed by atoms with Gasteiger partial charge in [0, 0.05) is 13.7 Å². The maximum Gasteiger partial charge on any atom is 0.223 e. The van der Waals surface area contributed by atoms with Gasteiger partial charge in [-0.3, -0.25) is 4.79 Å². The SMILES string of the molecule is CCC(NC(=O)CC(CN)OC)c1ccccc1. The van der Waals surface area contributed by atoms with E-state index >= 15 is 0 Å². The fourth-order valence-electron chi connectivity index (χ4n) is 1.83. The van der Waals surface area contributed by atoms with Crippen LogP contribution in [0, 0.1) is 0 Å². The molecule has 0 saturated carbocycles. The maximum absolute atomic E-state index is 11.9. The first kappa shape index (κ1) is 14.7. The maximum atomic E-state index is 11.9. The van der Waals surface area contributed by atoms with Crippen LogP contribution in [0.3, 0.4) is 0 Å². The molecule has 0 aliphatic heterocycles. The summed E-state index contributed by atoms with van der Waals surface area (Å²) in [5.74, 6) is -0.0250. The average Bonchev–Trinajstić information content (AvgIpc) is 2.43. The fourth-order valence-corrected chi connectivity index (χ4v) is 1.83. The van der Waals surface area contributed by atoms with Crippen LogP contribution in [-0.2, 0) is 9.53 Å². The van der Waals surface area contributed by atoms with Gasteiger partial charge < -0.3 is 15.8 Å². The van der Waals surface area contributed by atoms with Crippen LogP contribution in [0.15, 0.2) is 30.3 Å². The summed E-state index contributed by atoms with van der Waals surface area (Å²) in [5.41, 5.74) is 6.62. The topological polar surface area (TPSA) is 64.4 Å².